The van der Waals surface area contributed by atoms with Crippen LogP contribution in [0.1, 0.15) is 36.6 Å². The zero-order valence-corrected chi connectivity index (χ0v) is 11.4. The van der Waals surface area contributed by atoms with Crippen molar-refractivity contribution >= 4 is 27.5 Å². The lowest BCUT2D eigenvalue weighted by atomic mass is 10.1. The van der Waals surface area contributed by atoms with E-state index in [4.69, 9.17) is 16.3 Å². The summed E-state index contributed by atoms with van der Waals surface area (Å²) in [4.78, 5) is 0.343. The Bertz CT molecular complexity index is 314. The van der Waals surface area contributed by atoms with E-state index in [2.05, 4.69) is 22.9 Å². The Morgan fingerprint density at radius 2 is 2.20 bits per heavy atom. The molecule has 0 bridgehead atoms. The summed E-state index contributed by atoms with van der Waals surface area (Å²) in [6.07, 6.45) is 3.52. The summed E-state index contributed by atoms with van der Waals surface area (Å²) < 4.78 is 5.11. The highest BCUT2D eigenvalue weighted by Gasteiger charge is 2.11. The lowest BCUT2D eigenvalue weighted by molar-refractivity contribution is 0.414. The minimum absolute atomic E-state index is 0.343. The van der Waals surface area contributed by atoms with Crippen LogP contribution in [0.3, 0.4) is 0 Å². The van der Waals surface area contributed by atoms with Crippen LogP contribution in [0.25, 0.3) is 0 Å². The van der Waals surface area contributed by atoms with Gasteiger partial charge in [-0.3, -0.25) is 0 Å². The first-order chi connectivity index (χ1) is 7.19. The summed E-state index contributed by atoms with van der Waals surface area (Å²) in [6.45, 7) is 2.19. The lowest BCUT2D eigenvalue weighted by Crippen LogP contribution is -1.92. The molecule has 0 saturated carbocycles. The molecule has 0 heterocycles. The van der Waals surface area contributed by atoms with Gasteiger partial charge in [0.25, 0.3) is 0 Å². The van der Waals surface area contributed by atoms with Crippen molar-refractivity contribution in [1.29, 1.82) is 0 Å². The first-order valence-corrected chi connectivity index (χ1v) is 6.46. The third-order valence-electron chi connectivity index (χ3n) is 2.36. The Morgan fingerprint density at radius 3 is 2.73 bits per heavy atom. The third kappa shape index (κ3) is 3.69. The molecule has 3 heteroatoms. The molecule has 0 spiro atoms. The van der Waals surface area contributed by atoms with E-state index in [-0.39, 0.29) is 0 Å². The van der Waals surface area contributed by atoms with E-state index in [0.717, 1.165) is 22.8 Å². The Hall–Kier alpha value is -0.210. The molecule has 0 N–H and O–H groups in total. The molecule has 0 fully saturated rings. The van der Waals surface area contributed by atoms with E-state index >= 15 is 0 Å². The molecule has 84 valence electrons. The summed E-state index contributed by atoms with van der Waals surface area (Å²) in [5.74, 6) is 0.805. The smallest absolute Gasteiger partial charge is 0.120 e. The monoisotopic (exact) mass is 290 g/mol. The van der Waals surface area contributed by atoms with E-state index < -0.39 is 0 Å². The highest BCUT2D eigenvalue weighted by atomic mass is 79.9. The van der Waals surface area contributed by atoms with Crippen LogP contribution in [0, 0.1) is 0 Å². The van der Waals surface area contributed by atoms with Crippen molar-refractivity contribution in [2.45, 2.75) is 31.0 Å². The summed E-state index contributed by atoms with van der Waals surface area (Å²) in [5.41, 5.74) is 1.14. The second-order valence-corrected chi connectivity index (χ2v) is 5.01. The van der Waals surface area contributed by atoms with Crippen LogP contribution in [-0.2, 0) is 0 Å². The Morgan fingerprint density at radius 1 is 1.47 bits per heavy atom. The second-order valence-electron chi connectivity index (χ2n) is 3.50. The summed E-state index contributed by atoms with van der Waals surface area (Å²) in [7, 11) is 1.65. The first kappa shape index (κ1) is 12.9. The maximum atomic E-state index is 6.17. The van der Waals surface area contributed by atoms with Crippen LogP contribution in [-0.4, -0.2) is 7.11 Å². The minimum atomic E-state index is 0.343. The van der Waals surface area contributed by atoms with Crippen LogP contribution < -0.4 is 4.74 Å². The molecule has 0 aliphatic carbocycles. The molecule has 0 aliphatic heterocycles. The zero-order chi connectivity index (χ0) is 11.3. The second kappa shape index (κ2) is 6.39. The standard InChI is InChI=1S/C12H16BrClO/c1-3-4-5-11(13)10-7-6-9(15-2)8-12(10)14/h6-8,11H,3-5H2,1-2H3. The number of methoxy groups -OCH3 is 1. The van der Waals surface area contributed by atoms with Crippen molar-refractivity contribution in [1.82, 2.24) is 0 Å². The molecule has 0 aliphatic rings. The maximum Gasteiger partial charge on any atom is 0.120 e. The number of benzene rings is 1. The molecule has 1 unspecified atom stereocenters. The Labute approximate surface area is 105 Å². The molecule has 0 radical (unpaired) electrons. The predicted octanol–water partition coefficient (Wildman–Crippen LogP) is 4.97. The zero-order valence-electron chi connectivity index (χ0n) is 9.09. The van der Waals surface area contributed by atoms with Gasteiger partial charge in [-0.1, -0.05) is 53.4 Å². The van der Waals surface area contributed by atoms with Crippen LogP contribution in [0.4, 0.5) is 0 Å². The molecule has 0 saturated heterocycles. The molecular formula is C12H16BrClO. The number of alkyl halides is 1. The fraction of sp³-hybridized carbons (Fsp3) is 0.500. The van der Waals surface area contributed by atoms with Gasteiger partial charge in [0.2, 0.25) is 0 Å². The highest BCUT2D eigenvalue weighted by Crippen LogP contribution is 2.35. The number of halogens is 2. The average molecular weight is 292 g/mol. The highest BCUT2D eigenvalue weighted by molar-refractivity contribution is 9.09. The average Bonchev–Trinajstić information content (AvgIpc) is 2.25. The van der Waals surface area contributed by atoms with E-state index in [9.17, 15) is 0 Å². The number of hydrogen-bond acceptors (Lipinski definition) is 1. The molecule has 15 heavy (non-hydrogen) atoms. The quantitative estimate of drug-likeness (QED) is 0.696. The van der Waals surface area contributed by atoms with Crippen molar-refractivity contribution in [3.63, 3.8) is 0 Å². The largest absolute Gasteiger partial charge is 0.497 e. The summed E-state index contributed by atoms with van der Waals surface area (Å²) in [6, 6.07) is 5.83. The third-order valence-corrected chi connectivity index (χ3v) is 3.63. The number of rotatable bonds is 5. The predicted molar refractivity (Wildman–Crippen MR) is 69.2 cm³/mol. The summed E-state index contributed by atoms with van der Waals surface area (Å²) >= 11 is 9.83. The van der Waals surface area contributed by atoms with Crippen LogP contribution in [0.15, 0.2) is 18.2 Å². The molecule has 1 aromatic rings. The van der Waals surface area contributed by atoms with E-state index in [1.165, 1.54) is 12.8 Å². The SMILES string of the molecule is CCCCC(Br)c1ccc(OC)cc1Cl. The topological polar surface area (TPSA) is 9.23 Å². The van der Waals surface area contributed by atoms with Gasteiger partial charge in [-0.05, 0) is 24.1 Å². The van der Waals surface area contributed by atoms with Crippen LogP contribution >= 0.6 is 27.5 Å². The van der Waals surface area contributed by atoms with E-state index in [1.807, 2.05) is 18.2 Å². The Balaban J connectivity index is 2.76. The van der Waals surface area contributed by atoms with Crippen LogP contribution in [0.2, 0.25) is 5.02 Å². The maximum absolute atomic E-state index is 6.17. The number of ether oxygens (including phenoxy) is 1. The fourth-order valence-electron chi connectivity index (χ4n) is 1.43. The lowest BCUT2D eigenvalue weighted by Gasteiger charge is -2.12. The molecule has 0 amide bonds. The van der Waals surface area contributed by atoms with Gasteiger partial charge < -0.3 is 4.74 Å². The normalized spacial score (nSPS) is 12.5. The van der Waals surface area contributed by atoms with Crippen molar-refractivity contribution in [3.05, 3.63) is 28.8 Å². The molecule has 0 aromatic heterocycles. The number of unbranched alkanes of at least 4 members (excludes halogenated alkanes) is 1. The molecular weight excluding hydrogens is 275 g/mol. The van der Waals surface area contributed by atoms with E-state index in [1.54, 1.807) is 7.11 Å². The van der Waals surface area contributed by atoms with Gasteiger partial charge in [0.1, 0.15) is 5.75 Å². The molecule has 1 aromatic carbocycles. The van der Waals surface area contributed by atoms with Gasteiger partial charge in [0.15, 0.2) is 0 Å². The Kier molecular flexibility index (Phi) is 5.48. The van der Waals surface area contributed by atoms with Crippen molar-refractivity contribution in [2.24, 2.45) is 0 Å². The van der Waals surface area contributed by atoms with E-state index in [0.29, 0.717) is 4.83 Å². The summed E-state index contributed by atoms with van der Waals surface area (Å²) in [5, 5.41) is 0.771. The van der Waals surface area contributed by atoms with Gasteiger partial charge >= 0.3 is 0 Å². The van der Waals surface area contributed by atoms with Gasteiger partial charge in [0, 0.05) is 9.85 Å². The van der Waals surface area contributed by atoms with Gasteiger partial charge in [0.05, 0.1) is 7.11 Å². The molecule has 1 rings (SSSR count). The van der Waals surface area contributed by atoms with Gasteiger partial charge in [-0.25, -0.2) is 0 Å². The van der Waals surface area contributed by atoms with Gasteiger partial charge in [-0.15, -0.1) is 0 Å². The minimum Gasteiger partial charge on any atom is -0.497 e. The molecule has 1 nitrogen and oxygen atoms in total. The van der Waals surface area contributed by atoms with Crippen molar-refractivity contribution in [2.75, 3.05) is 7.11 Å². The van der Waals surface area contributed by atoms with Crippen molar-refractivity contribution < 1.29 is 4.74 Å². The first-order valence-electron chi connectivity index (χ1n) is 5.16. The fourth-order valence-corrected chi connectivity index (χ4v) is 2.58. The molecule has 1 atom stereocenters. The number of hydrogen-bond donors (Lipinski definition) is 0. The van der Waals surface area contributed by atoms with Crippen molar-refractivity contribution in [3.8, 4) is 5.75 Å². The van der Waals surface area contributed by atoms with Crippen LogP contribution in [0.5, 0.6) is 5.75 Å². The van der Waals surface area contributed by atoms with Gasteiger partial charge in [-0.2, -0.15) is 0 Å².